The molecule has 20 heavy (non-hydrogen) atoms. The van der Waals surface area contributed by atoms with Crippen LogP contribution in [0.15, 0.2) is 18.2 Å². The Kier molecular flexibility index (Phi) is 4.89. The van der Waals surface area contributed by atoms with Crippen LogP contribution >= 0.6 is 11.6 Å². The lowest BCUT2D eigenvalue weighted by molar-refractivity contribution is -0.120. The van der Waals surface area contributed by atoms with Crippen LogP contribution in [0.2, 0.25) is 5.02 Å². The van der Waals surface area contributed by atoms with E-state index in [1.807, 2.05) is 31.1 Å². The second kappa shape index (κ2) is 6.46. The Labute approximate surface area is 125 Å². The van der Waals surface area contributed by atoms with Crippen LogP contribution in [0.4, 0.5) is 11.4 Å². The van der Waals surface area contributed by atoms with Crippen LogP contribution in [0, 0.1) is 5.92 Å². The molecule has 2 unspecified atom stereocenters. The van der Waals surface area contributed by atoms with E-state index < -0.39 is 0 Å². The molecular formula is C15H22ClN3O. The van der Waals surface area contributed by atoms with E-state index in [4.69, 9.17) is 17.3 Å². The normalized spacial score (nSPS) is 22.4. The van der Waals surface area contributed by atoms with Gasteiger partial charge in [0.2, 0.25) is 5.91 Å². The van der Waals surface area contributed by atoms with Gasteiger partial charge in [0.15, 0.2) is 0 Å². The number of rotatable bonds is 3. The van der Waals surface area contributed by atoms with Gasteiger partial charge in [-0.3, -0.25) is 4.79 Å². The van der Waals surface area contributed by atoms with Crippen molar-refractivity contribution in [2.45, 2.75) is 31.7 Å². The highest BCUT2D eigenvalue weighted by Crippen LogP contribution is 2.30. The van der Waals surface area contributed by atoms with Crippen LogP contribution in [0.3, 0.4) is 0 Å². The molecule has 4 nitrogen and oxygen atoms in total. The number of hydrogen-bond donors (Lipinski definition) is 2. The summed E-state index contributed by atoms with van der Waals surface area (Å²) in [5, 5.41) is 3.62. The first-order valence-electron chi connectivity index (χ1n) is 7.00. The maximum Gasteiger partial charge on any atom is 0.227 e. The molecule has 110 valence electrons. The van der Waals surface area contributed by atoms with Crippen LogP contribution in [-0.4, -0.2) is 26.0 Å². The van der Waals surface area contributed by atoms with Crippen molar-refractivity contribution in [3.63, 3.8) is 0 Å². The predicted octanol–water partition coefficient (Wildman–Crippen LogP) is 2.86. The topological polar surface area (TPSA) is 58.4 Å². The number of carbonyl (C=O) groups excluding carboxylic acids is 1. The molecule has 2 rings (SSSR count). The molecule has 0 heterocycles. The molecular weight excluding hydrogens is 274 g/mol. The Morgan fingerprint density at radius 2 is 2.15 bits per heavy atom. The van der Waals surface area contributed by atoms with Crippen LogP contribution in [0.25, 0.3) is 0 Å². The molecule has 0 aliphatic heterocycles. The van der Waals surface area contributed by atoms with Crippen LogP contribution < -0.4 is 16.0 Å². The summed E-state index contributed by atoms with van der Waals surface area (Å²) < 4.78 is 0. The SMILES string of the molecule is CN(C)c1ccc(Cl)cc1NC(=O)C1CCCC(N)C1. The fourth-order valence-corrected chi connectivity index (χ4v) is 2.87. The number of hydrogen-bond acceptors (Lipinski definition) is 3. The Morgan fingerprint density at radius 1 is 1.40 bits per heavy atom. The Morgan fingerprint density at radius 3 is 2.80 bits per heavy atom. The fourth-order valence-electron chi connectivity index (χ4n) is 2.70. The first-order chi connectivity index (χ1) is 9.47. The number of amides is 1. The maximum atomic E-state index is 12.4. The van der Waals surface area contributed by atoms with Crippen LogP contribution in [-0.2, 0) is 4.79 Å². The molecule has 3 N–H and O–H groups in total. The lowest BCUT2D eigenvalue weighted by atomic mass is 9.85. The van der Waals surface area contributed by atoms with Crippen molar-refractivity contribution in [3.05, 3.63) is 23.2 Å². The molecule has 0 radical (unpaired) electrons. The number of nitrogens with one attached hydrogen (secondary N) is 1. The summed E-state index contributed by atoms with van der Waals surface area (Å²) in [6, 6.07) is 5.66. The molecule has 5 heteroatoms. The van der Waals surface area contributed by atoms with Gasteiger partial charge in [-0.2, -0.15) is 0 Å². The van der Waals surface area contributed by atoms with Crippen molar-refractivity contribution >= 4 is 28.9 Å². The van der Waals surface area contributed by atoms with Gasteiger partial charge in [0.1, 0.15) is 0 Å². The summed E-state index contributed by atoms with van der Waals surface area (Å²) in [4.78, 5) is 14.3. The van der Waals surface area contributed by atoms with Gasteiger partial charge in [0, 0.05) is 31.1 Å². The van der Waals surface area contributed by atoms with E-state index in [9.17, 15) is 4.79 Å². The van der Waals surface area contributed by atoms with Crippen molar-refractivity contribution in [1.29, 1.82) is 0 Å². The molecule has 1 saturated carbocycles. The van der Waals surface area contributed by atoms with E-state index in [2.05, 4.69) is 5.32 Å². The third kappa shape index (κ3) is 3.64. The lowest BCUT2D eigenvalue weighted by Gasteiger charge is -2.26. The van der Waals surface area contributed by atoms with Crippen molar-refractivity contribution in [3.8, 4) is 0 Å². The molecule has 2 atom stereocenters. The van der Waals surface area contributed by atoms with Crippen molar-refractivity contribution in [1.82, 2.24) is 0 Å². The second-order valence-corrected chi connectivity index (χ2v) is 6.11. The predicted molar refractivity (Wildman–Crippen MR) is 84.3 cm³/mol. The average molecular weight is 296 g/mol. The molecule has 1 aromatic carbocycles. The van der Waals surface area contributed by atoms with Crippen LogP contribution in [0.5, 0.6) is 0 Å². The lowest BCUT2D eigenvalue weighted by Crippen LogP contribution is -2.34. The minimum atomic E-state index is 0.00717. The van der Waals surface area contributed by atoms with Gasteiger partial charge in [-0.15, -0.1) is 0 Å². The zero-order chi connectivity index (χ0) is 14.7. The highest BCUT2D eigenvalue weighted by Gasteiger charge is 2.25. The first kappa shape index (κ1) is 15.1. The number of carbonyl (C=O) groups is 1. The quantitative estimate of drug-likeness (QED) is 0.901. The van der Waals surface area contributed by atoms with Crippen LogP contribution in [0.1, 0.15) is 25.7 Å². The van der Waals surface area contributed by atoms with Gasteiger partial charge in [-0.1, -0.05) is 18.0 Å². The molecule has 0 aromatic heterocycles. The molecule has 0 bridgehead atoms. The summed E-state index contributed by atoms with van der Waals surface area (Å²) in [5.74, 6) is 0.0539. The molecule has 0 spiro atoms. The molecule has 1 amide bonds. The maximum absolute atomic E-state index is 12.4. The number of nitrogens with zero attached hydrogens (tertiary/aromatic N) is 1. The highest BCUT2D eigenvalue weighted by atomic mass is 35.5. The van der Waals surface area contributed by atoms with Gasteiger partial charge in [-0.25, -0.2) is 0 Å². The zero-order valence-electron chi connectivity index (χ0n) is 12.0. The summed E-state index contributed by atoms with van der Waals surface area (Å²) >= 11 is 6.02. The van der Waals surface area contributed by atoms with E-state index >= 15 is 0 Å². The average Bonchev–Trinajstić information content (AvgIpc) is 2.38. The van der Waals surface area contributed by atoms with Gasteiger partial charge in [0.25, 0.3) is 0 Å². The molecule has 1 aliphatic rings. The van der Waals surface area contributed by atoms with Crippen molar-refractivity contribution in [2.75, 3.05) is 24.3 Å². The summed E-state index contributed by atoms with van der Waals surface area (Å²) in [7, 11) is 3.88. The van der Waals surface area contributed by atoms with Crippen molar-refractivity contribution < 1.29 is 4.79 Å². The van der Waals surface area contributed by atoms with E-state index in [0.29, 0.717) is 5.02 Å². The van der Waals surface area contributed by atoms with Gasteiger partial charge < -0.3 is 16.0 Å². The van der Waals surface area contributed by atoms with Crippen molar-refractivity contribution in [2.24, 2.45) is 11.7 Å². The van der Waals surface area contributed by atoms with E-state index in [1.165, 1.54) is 0 Å². The Hall–Kier alpha value is -1.26. The Bertz CT molecular complexity index is 490. The number of benzene rings is 1. The van der Waals surface area contributed by atoms with E-state index in [1.54, 1.807) is 6.07 Å². The van der Waals surface area contributed by atoms with Gasteiger partial charge in [-0.05, 0) is 37.5 Å². The molecule has 1 aliphatic carbocycles. The minimum absolute atomic E-state index is 0.00717. The number of halogens is 1. The molecule has 0 saturated heterocycles. The molecule has 1 fully saturated rings. The zero-order valence-corrected chi connectivity index (χ0v) is 12.8. The summed E-state index contributed by atoms with van der Waals surface area (Å²) in [6.45, 7) is 0. The third-order valence-corrected chi connectivity index (χ3v) is 4.02. The first-order valence-corrected chi connectivity index (χ1v) is 7.38. The van der Waals surface area contributed by atoms with Gasteiger partial charge in [0.05, 0.1) is 11.4 Å². The summed E-state index contributed by atoms with van der Waals surface area (Å²) in [6.07, 6.45) is 3.72. The van der Waals surface area contributed by atoms with E-state index in [-0.39, 0.29) is 17.9 Å². The number of nitrogens with two attached hydrogens (primary N) is 1. The fraction of sp³-hybridized carbons (Fsp3) is 0.533. The number of anilines is 2. The second-order valence-electron chi connectivity index (χ2n) is 5.67. The largest absolute Gasteiger partial charge is 0.376 e. The Balaban J connectivity index is 2.12. The standard InChI is InChI=1S/C15H22ClN3O/c1-19(2)14-7-6-11(16)9-13(14)18-15(20)10-4-3-5-12(17)8-10/h6-7,9-10,12H,3-5,8,17H2,1-2H3,(H,18,20). The monoisotopic (exact) mass is 295 g/mol. The minimum Gasteiger partial charge on any atom is -0.376 e. The smallest absolute Gasteiger partial charge is 0.227 e. The third-order valence-electron chi connectivity index (χ3n) is 3.78. The van der Waals surface area contributed by atoms with E-state index in [0.717, 1.165) is 37.1 Å². The van der Waals surface area contributed by atoms with Gasteiger partial charge >= 0.3 is 0 Å². The summed E-state index contributed by atoms with van der Waals surface area (Å²) in [5.41, 5.74) is 7.65. The highest BCUT2D eigenvalue weighted by molar-refractivity contribution is 6.31. The molecule has 1 aromatic rings.